The molecule has 1 aliphatic rings. The summed E-state index contributed by atoms with van der Waals surface area (Å²) in [6, 6.07) is 10.8. The Balaban J connectivity index is 1.35. The molecular formula is C26H26ClN7O3. The van der Waals surface area contributed by atoms with Crippen molar-refractivity contribution in [3.8, 4) is 11.3 Å². The van der Waals surface area contributed by atoms with Crippen molar-refractivity contribution in [2.75, 3.05) is 17.2 Å². The van der Waals surface area contributed by atoms with Crippen molar-refractivity contribution in [1.29, 1.82) is 0 Å². The molecule has 11 heteroatoms. The molecule has 1 fully saturated rings. The summed E-state index contributed by atoms with van der Waals surface area (Å²) in [6.07, 6.45) is 7.67. The van der Waals surface area contributed by atoms with E-state index in [0.717, 1.165) is 18.5 Å². The van der Waals surface area contributed by atoms with E-state index in [1.54, 1.807) is 55.0 Å². The van der Waals surface area contributed by atoms with Crippen LogP contribution in [0.25, 0.3) is 17.0 Å². The predicted molar refractivity (Wildman–Crippen MR) is 141 cm³/mol. The van der Waals surface area contributed by atoms with Gasteiger partial charge in [0.15, 0.2) is 0 Å². The first kappa shape index (κ1) is 24.5. The number of ether oxygens (including phenoxy) is 1. The molecule has 4 heterocycles. The topological polar surface area (TPSA) is 114 Å². The number of carbonyl (C=O) groups excluding carboxylic acids is 2. The zero-order valence-electron chi connectivity index (χ0n) is 20.4. The number of benzene rings is 1. The van der Waals surface area contributed by atoms with Gasteiger partial charge in [-0.2, -0.15) is 0 Å². The highest BCUT2D eigenvalue weighted by atomic mass is 35.5. The second kappa shape index (κ2) is 10.4. The number of hydrogen-bond donors (Lipinski definition) is 2. The van der Waals surface area contributed by atoms with Crippen molar-refractivity contribution >= 4 is 40.9 Å². The Bertz CT molecular complexity index is 1440. The maximum Gasteiger partial charge on any atom is 0.411 e. The molecule has 3 amide bonds. The number of nitrogens with zero attached hydrogens (tertiary/aromatic N) is 5. The van der Waals surface area contributed by atoms with Gasteiger partial charge in [-0.3, -0.25) is 14.7 Å². The SMILES string of the molecule is CC(C)OC(=O)Nc1cnc2nc(-c3cc(NC(=O)N4CCCC4c4ccccn4)ccc3Cl)cn2c1. The maximum atomic E-state index is 13.1. The summed E-state index contributed by atoms with van der Waals surface area (Å²) in [5, 5.41) is 6.11. The van der Waals surface area contributed by atoms with Crippen LogP contribution in [0, 0.1) is 0 Å². The number of fused-ring (bicyclic) bond motifs is 1. The van der Waals surface area contributed by atoms with Gasteiger partial charge in [-0.15, -0.1) is 0 Å². The van der Waals surface area contributed by atoms with Gasteiger partial charge in [-0.1, -0.05) is 17.7 Å². The lowest BCUT2D eigenvalue weighted by Crippen LogP contribution is -2.34. The van der Waals surface area contributed by atoms with Gasteiger partial charge < -0.3 is 15.0 Å². The van der Waals surface area contributed by atoms with Gasteiger partial charge in [0.1, 0.15) is 0 Å². The number of nitrogens with one attached hydrogen (secondary N) is 2. The fourth-order valence-corrected chi connectivity index (χ4v) is 4.54. The number of halogens is 1. The smallest absolute Gasteiger partial charge is 0.411 e. The number of rotatable bonds is 5. The number of urea groups is 1. The number of hydrogen-bond acceptors (Lipinski definition) is 6. The van der Waals surface area contributed by atoms with E-state index < -0.39 is 6.09 Å². The molecular weight excluding hydrogens is 494 g/mol. The van der Waals surface area contributed by atoms with E-state index in [9.17, 15) is 9.59 Å². The molecule has 2 N–H and O–H groups in total. The lowest BCUT2D eigenvalue weighted by atomic mass is 10.1. The Hall–Kier alpha value is -4.18. The van der Waals surface area contributed by atoms with Crippen molar-refractivity contribution < 1.29 is 14.3 Å². The zero-order valence-corrected chi connectivity index (χ0v) is 21.1. The molecule has 1 aromatic carbocycles. The highest BCUT2D eigenvalue weighted by Gasteiger charge is 2.31. The van der Waals surface area contributed by atoms with Crippen LogP contribution in [0.3, 0.4) is 0 Å². The van der Waals surface area contributed by atoms with Crippen LogP contribution in [-0.4, -0.2) is 49.0 Å². The summed E-state index contributed by atoms with van der Waals surface area (Å²) in [5.41, 5.74) is 3.15. The fourth-order valence-electron chi connectivity index (χ4n) is 4.33. The van der Waals surface area contributed by atoms with Crippen LogP contribution >= 0.6 is 11.6 Å². The quantitative estimate of drug-likeness (QED) is 0.346. The van der Waals surface area contributed by atoms with Crippen molar-refractivity contribution in [3.63, 3.8) is 0 Å². The van der Waals surface area contributed by atoms with Crippen molar-refractivity contribution in [2.45, 2.75) is 38.8 Å². The van der Waals surface area contributed by atoms with E-state index >= 15 is 0 Å². The molecule has 0 radical (unpaired) electrons. The van der Waals surface area contributed by atoms with Crippen LogP contribution in [0.2, 0.25) is 5.02 Å². The van der Waals surface area contributed by atoms with E-state index in [1.807, 2.05) is 23.1 Å². The average molecular weight is 520 g/mol. The van der Waals surface area contributed by atoms with E-state index in [4.69, 9.17) is 16.3 Å². The van der Waals surface area contributed by atoms with Crippen LogP contribution in [-0.2, 0) is 4.74 Å². The molecule has 1 aliphatic heterocycles. The van der Waals surface area contributed by atoms with Gasteiger partial charge in [0.25, 0.3) is 0 Å². The second-order valence-corrected chi connectivity index (χ2v) is 9.39. The maximum absolute atomic E-state index is 13.1. The van der Waals surface area contributed by atoms with E-state index in [2.05, 4.69) is 25.6 Å². The van der Waals surface area contributed by atoms with Crippen LogP contribution < -0.4 is 10.6 Å². The molecule has 4 aromatic rings. The van der Waals surface area contributed by atoms with Gasteiger partial charge in [0, 0.05) is 36.4 Å². The van der Waals surface area contributed by atoms with Crippen molar-refractivity contribution in [2.24, 2.45) is 0 Å². The second-order valence-electron chi connectivity index (χ2n) is 8.99. The molecule has 0 spiro atoms. The summed E-state index contributed by atoms with van der Waals surface area (Å²) in [7, 11) is 0. The number of anilines is 2. The summed E-state index contributed by atoms with van der Waals surface area (Å²) < 4.78 is 6.79. The Morgan fingerprint density at radius 3 is 2.76 bits per heavy atom. The summed E-state index contributed by atoms with van der Waals surface area (Å²) in [6.45, 7) is 4.20. The Kier molecular flexibility index (Phi) is 6.91. The molecule has 3 aromatic heterocycles. The lowest BCUT2D eigenvalue weighted by molar-refractivity contribution is 0.130. The Morgan fingerprint density at radius 1 is 1.11 bits per heavy atom. The van der Waals surface area contributed by atoms with Crippen LogP contribution in [0.4, 0.5) is 21.0 Å². The minimum atomic E-state index is -0.564. The van der Waals surface area contributed by atoms with Gasteiger partial charge >= 0.3 is 12.1 Å². The molecule has 37 heavy (non-hydrogen) atoms. The third-order valence-electron chi connectivity index (χ3n) is 5.94. The fraction of sp³-hybridized carbons (Fsp3) is 0.269. The minimum Gasteiger partial charge on any atom is -0.447 e. The molecule has 0 aliphatic carbocycles. The van der Waals surface area contributed by atoms with Crippen LogP contribution in [0.5, 0.6) is 0 Å². The molecule has 0 bridgehead atoms. The van der Waals surface area contributed by atoms with Gasteiger partial charge in [-0.25, -0.2) is 19.6 Å². The van der Waals surface area contributed by atoms with Crippen molar-refractivity contribution in [3.05, 3.63) is 71.9 Å². The first-order valence-corrected chi connectivity index (χ1v) is 12.4. The van der Waals surface area contributed by atoms with Crippen molar-refractivity contribution in [1.82, 2.24) is 24.3 Å². The van der Waals surface area contributed by atoms with Gasteiger partial charge in [0.05, 0.1) is 40.4 Å². The monoisotopic (exact) mass is 519 g/mol. The third kappa shape index (κ3) is 5.49. The predicted octanol–water partition coefficient (Wildman–Crippen LogP) is 5.77. The molecule has 10 nitrogen and oxygen atoms in total. The van der Waals surface area contributed by atoms with Gasteiger partial charge in [-0.05, 0) is 57.0 Å². The van der Waals surface area contributed by atoms with E-state index in [0.29, 0.717) is 40.0 Å². The number of pyridine rings is 1. The number of likely N-dealkylation sites (tertiary alicyclic amines) is 1. The number of amides is 3. The highest BCUT2D eigenvalue weighted by Crippen LogP contribution is 2.33. The summed E-state index contributed by atoms with van der Waals surface area (Å²) in [4.78, 5) is 40.2. The number of aromatic nitrogens is 4. The van der Waals surface area contributed by atoms with Crippen LogP contribution in [0.1, 0.15) is 38.4 Å². The Morgan fingerprint density at radius 2 is 1.97 bits per heavy atom. The van der Waals surface area contributed by atoms with E-state index in [1.165, 1.54) is 6.20 Å². The number of imidazole rings is 1. The summed E-state index contributed by atoms with van der Waals surface area (Å²) >= 11 is 6.50. The standard InChI is InChI=1S/C26H26ClN7O3/c1-16(2)37-26(36)31-18-13-29-24-32-22(15-33(24)14-18)19-12-17(8-9-20(19)27)30-25(35)34-11-5-7-23(34)21-6-3-4-10-28-21/h3-4,6,8-10,12-16,23H,5,7,11H2,1-2H3,(H,30,35)(H,31,36). The average Bonchev–Trinajstić information content (AvgIpc) is 3.52. The third-order valence-corrected chi connectivity index (χ3v) is 6.27. The first-order valence-electron chi connectivity index (χ1n) is 12.0. The lowest BCUT2D eigenvalue weighted by Gasteiger charge is -2.24. The molecule has 1 unspecified atom stereocenters. The number of carbonyl (C=O) groups is 2. The molecule has 1 atom stereocenters. The molecule has 190 valence electrons. The minimum absolute atomic E-state index is 0.0573. The highest BCUT2D eigenvalue weighted by molar-refractivity contribution is 6.33. The molecule has 0 saturated carbocycles. The summed E-state index contributed by atoms with van der Waals surface area (Å²) in [5.74, 6) is 0.429. The molecule has 1 saturated heterocycles. The van der Waals surface area contributed by atoms with Crippen LogP contribution in [0.15, 0.2) is 61.2 Å². The van der Waals surface area contributed by atoms with E-state index in [-0.39, 0.29) is 18.2 Å². The molecule has 5 rings (SSSR count). The largest absolute Gasteiger partial charge is 0.447 e. The zero-order chi connectivity index (χ0) is 25.9. The Labute approximate surface area is 218 Å². The normalized spacial score (nSPS) is 15.2. The van der Waals surface area contributed by atoms with Gasteiger partial charge in [0.2, 0.25) is 5.78 Å². The first-order chi connectivity index (χ1) is 17.9.